The maximum absolute atomic E-state index is 2.36. The van der Waals surface area contributed by atoms with Crippen LogP contribution in [-0.4, -0.2) is 23.7 Å². The van der Waals surface area contributed by atoms with E-state index >= 15 is 0 Å². The molecular formula is C16H36OS. The third kappa shape index (κ3) is 18.7. The molecule has 0 spiro atoms. The van der Waals surface area contributed by atoms with Gasteiger partial charge in [0.25, 0.3) is 0 Å². The first kappa shape index (κ1) is 20.6. The predicted molar refractivity (Wildman–Crippen MR) is 87.1 cm³/mol. The Morgan fingerprint density at radius 1 is 0.556 bits per heavy atom. The second-order valence-corrected chi connectivity index (χ2v) is 7.96. The lowest BCUT2D eigenvalue weighted by Gasteiger charge is -2.02. The van der Waals surface area contributed by atoms with Crippen molar-refractivity contribution in [3.8, 4) is 0 Å². The van der Waals surface area contributed by atoms with Crippen molar-refractivity contribution in [2.75, 3.05) is 18.3 Å². The maximum atomic E-state index is 2.36. The zero-order valence-corrected chi connectivity index (χ0v) is 13.9. The van der Waals surface area contributed by atoms with E-state index in [1.807, 2.05) is 0 Å². The van der Waals surface area contributed by atoms with E-state index in [1.54, 1.807) is 0 Å². The predicted octanol–water partition coefficient (Wildman–Crippen LogP) is 5.39. The van der Waals surface area contributed by atoms with Gasteiger partial charge in [-0.3, -0.25) is 0 Å². The molecule has 0 heterocycles. The summed E-state index contributed by atoms with van der Waals surface area (Å²) in [5.74, 6) is 1.46. The summed E-state index contributed by atoms with van der Waals surface area (Å²) < 4.78 is 0. The molecule has 0 saturated heterocycles. The van der Waals surface area contributed by atoms with E-state index in [9.17, 15) is 0 Å². The number of hydrogen-bond donors (Lipinski definition) is 0. The molecule has 112 valence electrons. The molecule has 0 saturated carbocycles. The number of unbranched alkanes of at least 4 members (excludes halogenated alkanes) is 11. The first-order valence-corrected chi connectivity index (χ1v) is 10.0. The van der Waals surface area contributed by atoms with Crippen molar-refractivity contribution < 1.29 is 5.48 Å². The topological polar surface area (TPSA) is 30.0 Å². The fourth-order valence-electron chi connectivity index (χ4n) is 2.23. The van der Waals surface area contributed by atoms with E-state index in [-0.39, 0.29) is 5.48 Å². The summed E-state index contributed by atoms with van der Waals surface area (Å²) in [5.41, 5.74) is 0. The molecule has 2 heteroatoms. The van der Waals surface area contributed by atoms with Gasteiger partial charge in [0.15, 0.2) is 0 Å². The Morgan fingerprint density at radius 2 is 0.889 bits per heavy atom. The van der Waals surface area contributed by atoms with Gasteiger partial charge in [-0.05, 0) is 23.7 Å². The van der Waals surface area contributed by atoms with Crippen LogP contribution in [0, 0.1) is 0 Å². The molecule has 0 aromatic carbocycles. The van der Waals surface area contributed by atoms with Crippen LogP contribution in [0.1, 0.15) is 84.0 Å². The largest absolute Gasteiger partial charge is 0.870 e. The fraction of sp³-hybridized carbons (Fsp3) is 1.00. The van der Waals surface area contributed by atoms with Crippen molar-refractivity contribution >= 4 is 10.9 Å². The summed E-state index contributed by atoms with van der Waals surface area (Å²) in [6.07, 6.45) is 22.3. The molecule has 0 atom stereocenters. The third-order valence-electron chi connectivity index (χ3n) is 3.41. The first-order valence-electron chi connectivity index (χ1n) is 7.81. The molecule has 0 aliphatic rings. The van der Waals surface area contributed by atoms with Crippen molar-refractivity contribution in [1.82, 2.24) is 0 Å². The third-order valence-corrected chi connectivity index (χ3v) is 4.51. The van der Waals surface area contributed by atoms with Crippen molar-refractivity contribution in [3.05, 3.63) is 0 Å². The minimum absolute atomic E-state index is 0. The Kier molecular flexibility index (Phi) is 19.8. The lowest BCUT2D eigenvalue weighted by atomic mass is 10.1. The normalized spacial score (nSPS) is 10.7. The highest BCUT2D eigenvalue weighted by molar-refractivity contribution is 7.95. The van der Waals surface area contributed by atoms with Gasteiger partial charge in [-0.2, -0.15) is 0 Å². The summed E-state index contributed by atoms with van der Waals surface area (Å²) in [7, 11) is 0.670. The van der Waals surface area contributed by atoms with Gasteiger partial charge >= 0.3 is 0 Å². The Balaban J connectivity index is 0. The number of rotatable bonds is 13. The van der Waals surface area contributed by atoms with E-state index in [2.05, 4.69) is 19.4 Å². The van der Waals surface area contributed by atoms with Crippen LogP contribution >= 0.6 is 0 Å². The highest BCUT2D eigenvalue weighted by atomic mass is 32.2. The smallest absolute Gasteiger partial charge is 0.107 e. The zero-order valence-electron chi connectivity index (χ0n) is 13.0. The lowest BCUT2D eigenvalue weighted by molar-refractivity contribution is 0.548. The Labute approximate surface area is 119 Å². The minimum atomic E-state index is 0. The molecule has 0 radical (unpaired) electrons. The highest BCUT2D eigenvalue weighted by Crippen LogP contribution is 2.12. The van der Waals surface area contributed by atoms with Crippen LogP contribution in [0.3, 0.4) is 0 Å². The molecule has 0 rings (SSSR count). The molecular weight excluding hydrogens is 240 g/mol. The summed E-state index contributed by atoms with van der Waals surface area (Å²) in [5, 5.41) is 0. The van der Waals surface area contributed by atoms with Gasteiger partial charge in [0.1, 0.15) is 5.75 Å². The molecule has 1 nitrogen and oxygen atoms in total. The SMILES string of the molecule is CCCCCCCCCCCCCC[S+](C)C.[OH-]. The van der Waals surface area contributed by atoms with Crippen LogP contribution in [0.25, 0.3) is 0 Å². The Bertz CT molecular complexity index is 137. The Hall–Kier alpha value is 0.310. The Morgan fingerprint density at radius 3 is 1.22 bits per heavy atom. The summed E-state index contributed by atoms with van der Waals surface area (Å²) in [4.78, 5) is 0. The van der Waals surface area contributed by atoms with Gasteiger partial charge < -0.3 is 5.48 Å². The lowest BCUT2D eigenvalue weighted by Crippen LogP contribution is -2.00. The van der Waals surface area contributed by atoms with Gasteiger partial charge in [-0.15, -0.1) is 0 Å². The zero-order chi connectivity index (χ0) is 12.8. The molecule has 0 aromatic rings. The second kappa shape index (κ2) is 17.3. The van der Waals surface area contributed by atoms with Gasteiger partial charge in [0, 0.05) is 0 Å². The van der Waals surface area contributed by atoms with Gasteiger partial charge in [-0.1, -0.05) is 71.1 Å². The second-order valence-electron chi connectivity index (χ2n) is 5.58. The van der Waals surface area contributed by atoms with Crippen molar-refractivity contribution in [2.45, 2.75) is 84.0 Å². The van der Waals surface area contributed by atoms with Crippen LogP contribution in [0.4, 0.5) is 0 Å². The summed E-state index contributed by atoms with van der Waals surface area (Å²) >= 11 is 0. The molecule has 1 N–H and O–H groups in total. The average Bonchev–Trinajstić information content (AvgIpc) is 2.30. The molecule has 0 aliphatic heterocycles. The maximum Gasteiger partial charge on any atom is 0.107 e. The number of hydrogen-bond acceptors (Lipinski definition) is 1. The molecule has 0 amide bonds. The van der Waals surface area contributed by atoms with Crippen LogP contribution in [-0.2, 0) is 10.9 Å². The fourth-order valence-corrected chi connectivity index (χ4v) is 3.01. The highest BCUT2D eigenvalue weighted by Gasteiger charge is 2.00. The van der Waals surface area contributed by atoms with Crippen LogP contribution < -0.4 is 0 Å². The standard InChI is InChI=1S/C16H35S.H2O/c1-4-5-6-7-8-9-10-11-12-13-14-15-16-17(2)3;/h4-16H2,1-3H3;1H2/q+1;/p-1. The average molecular weight is 277 g/mol. The van der Waals surface area contributed by atoms with Crippen LogP contribution in [0.5, 0.6) is 0 Å². The van der Waals surface area contributed by atoms with Crippen LogP contribution in [0.2, 0.25) is 0 Å². The molecule has 0 bridgehead atoms. The molecule has 0 aliphatic carbocycles. The summed E-state index contributed by atoms with van der Waals surface area (Å²) in [6.45, 7) is 2.29. The summed E-state index contributed by atoms with van der Waals surface area (Å²) in [6, 6.07) is 0. The minimum Gasteiger partial charge on any atom is -0.870 e. The molecule has 0 unspecified atom stereocenters. The quantitative estimate of drug-likeness (QED) is 0.328. The molecule has 0 aromatic heterocycles. The van der Waals surface area contributed by atoms with E-state index in [0.717, 1.165) is 0 Å². The molecule has 0 fully saturated rings. The van der Waals surface area contributed by atoms with E-state index < -0.39 is 0 Å². The van der Waals surface area contributed by atoms with Gasteiger partial charge in [0.05, 0.1) is 12.5 Å². The monoisotopic (exact) mass is 276 g/mol. The van der Waals surface area contributed by atoms with Crippen molar-refractivity contribution in [1.29, 1.82) is 0 Å². The van der Waals surface area contributed by atoms with Crippen molar-refractivity contribution in [2.24, 2.45) is 0 Å². The van der Waals surface area contributed by atoms with Gasteiger partial charge in [-0.25, -0.2) is 0 Å². The van der Waals surface area contributed by atoms with Gasteiger partial charge in [0.2, 0.25) is 0 Å². The first-order chi connectivity index (χ1) is 8.27. The van der Waals surface area contributed by atoms with Crippen LogP contribution in [0.15, 0.2) is 0 Å². The molecule has 18 heavy (non-hydrogen) atoms. The van der Waals surface area contributed by atoms with E-state index in [1.165, 1.54) is 82.8 Å². The van der Waals surface area contributed by atoms with E-state index in [4.69, 9.17) is 0 Å². The van der Waals surface area contributed by atoms with Crippen molar-refractivity contribution in [3.63, 3.8) is 0 Å². The van der Waals surface area contributed by atoms with E-state index in [0.29, 0.717) is 10.9 Å².